The number of halogens is 3. The van der Waals surface area contributed by atoms with E-state index in [4.69, 9.17) is 9.68 Å². The molecule has 0 aliphatic carbocycles. The normalized spacial score (nSPS) is 11.1. The lowest BCUT2D eigenvalue weighted by molar-refractivity contribution is -0.137. The van der Waals surface area contributed by atoms with E-state index >= 15 is 0 Å². The molecule has 3 aromatic rings. The second-order valence-electron chi connectivity index (χ2n) is 4.49. The van der Waals surface area contributed by atoms with E-state index in [0.29, 0.717) is 11.9 Å². The van der Waals surface area contributed by atoms with Gasteiger partial charge < -0.3 is 9.73 Å². The van der Waals surface area contributed by atoms with E-state index in [9.17, 15) is 13.2 Å². The molecule has 7 nitrogen and oxygen atoms in total. The van der Waals surface area contributed by atoms with Gasteiger partial charge >= 0.3 is 6.18 Å². The molecule has 3 rings (SSSR count). The highest BCUT2D eigenvalue weighted by molar-refractivity contribution is 5.60. The quantitative estimate of drug-likeness (QED) is 0.786. The zero-order valence-corrected chi connectivity index (χ0v) is 11.7. The van der Waals surface area contributed by atoms with Gasteiger partial charge in [0.15, 0.2) is 11.5 Å². The van der Waals surface area contributed by atoms with Crippen molar-refractivity contribution in [3.8, 4) is 17.5 Å². The van der Waals surface area contributed by atoms with E-state index in [-0.39, 0.29) is 23.2 Å². The van der Waals surface area contributed by atoms with Crippen molar-refractivity contribution in [2.24, 2.45) is 0 Å². The van der Waals surface area contributed by atoms with Crippen LogP contribution in [-0.2, 0) is 6.18 Å². The molecule has 0 atom stereocenters. The van der Waals surface area contributed by atoms with Crippen molar-refractivity contribution >= 4 is 11.7 Å². The van der Waals surface area contributed by atoms with Gasteiger partial charge in [0.2, 0.25) is 0 Å². The third-order valence-corrected chi connectivity index (χ3v) is 2.92. The number of alkyl halides is 3. The summed E-state index contributed by atoms with van der Waals surface area (Å²) < 4.78 is 42.9. The van der Waals surface area contributed by atoms with E-state index in [0.717, 1.165) is 6.07 Å². The van der Waals surface area contributed by atoms with E-state index in [2.05, 4.69) is 25.5 Å². The minimum absolute atomic E-state index is 0.0381. The highest BCUT2D eigenvalue weighted by Gasteiger charge is 2.30. The summed E-state index contributed by atoms with van der Waals surface area (Å²) in [6.07, 6.45) is -1.06. The van der Waals surface area contributed by atoms with Gasteiger partial charge in [-0.15, -0.1) is 5.10 Å². The second kappa shape index (κ2) is 5.96. The van der Waals surface area contributed by atoms with Gasteiger partial charge in [-0.3, -0.25) is 4.98 Å². The van der Waals surface area contributed by atoms with E-state index in [1.54, 1.807) is 0 Å². The number of pyridine rings is 1. The largest absolute Gasteiger partial charge is 0.422 e. The van der Waals surface area contributed by atoms with Crippen LogP contribution in [0.15, 0.2) is 41.2 Å². The van der Waals surface area contributed by atoms with Gasteiger partial charge in [-0.05, 0) is 18.2 Å². The van der Waals surface area contributed by atoms with Crippen LogP contribution in [0.2, 0.25) is 0 Å². The van der Waals surface area contributed by atoms with Gasteiger partial charge in [-0.1, -0.05) is 0 Å². The maximum atomic E-state index is 12.5. The first-order valence-electron chi connectivity index (χ1n) is 6.45. The van der Waals surface area contributed by atoms with E-state index < -0.39 is 11.7 Å². The smallest absolute Gasteiger partial charge is 0.417 e. The number of aromatic nitrogens is 4. The first-order chi connectivity index (χ1) is 11.5. The Kier molecular flexibility index (Phi) is 3.83. The van der Waals surface area contributed by atoms with Gasteiger partial charge in [0.05, 0.1) is 23.6 Å². The summed E-state index contributed by atoms with van der Waals surface area (Å²) >= 11 is 0. The Morgan fingerprint density at radius 1 is 1.12 bits per heavy atom. The number of nitrogens with zero attached hydrogens (tertiary/aromatic N) is 5. The van der Waals surface area contributed by atoms with Gasteiger partial charge in [-0.25, -0.2) is 4.98 Å². The van der Waals surface area contributed by atoms with Crippen molar-refractivity contribution in [2.75, 3.05) is 5.32 Å². The number of anilines is 2. The van der Waals surface area contributed by atoms with E-state index in [1.807, 2.05) is 6.07 Å². The van der Waals surface area contributed by atoms with Crippen LogP contribution in [0.25, 0.3) is 11.5 Å². The fourth-order valence-corrected chi connectivity index (χ4v) is 1.79. The average Bonchev–Trinajstić information content (AvgIpc) is 3.03. The SMILES string of the molecule is N#Cc1nnccc1Nc1ncc(-c2ccc(C(F)(F)F)cn2)o1. The van der Waals surface area contributed by atoms with Crippen molar-refractivity contribution in [1.82, 2.24) is 20.2 Å². The maximum Gasteiger partial charge on any atom is 0.417 e. The molecule has 120 valence electrons. The number of hydrogen-bond acceptors (Lipinski definition) is 7. The fraction of sp³-hybridized carbons (Fsp3) is 0.0714. The molecular weight excluding hydrogens is 325 g/mol. The molecule has 0 aromatic carbocycles. The molecule has 0 fully saturated rings. The zero-order chi connectivity index (χ0) is 17.2. The Labute approximate surface area is 132 Å². The van der Waals surface area contributed by atoms with Gasteiger partial charge in [0.25, 0.3) is 6.01 Å². The number of oxazole rings is 1. The van der Waals surface area contributed by atoms with Crippen LogP contribution in [0, 0.1) is 11.3 Å². The number of hydrogen-bond donors (Lipinski definition) is 1. The van der Waals surface area contributed by atoms with Crippen LogP contribution >= 0.6 is 0 Å². The lowest BCUT2D eigenvalue weighted by Crippen LogP contribution is -2.05. The number of nitriles is 1. The molecule has 0 saturated heterocycles. The third kappa shape index (κ3) is 3.14. The number of nitrogens with one attached hydrogen (secondary N) is 1. The minimum Gasteiger partial charge on any atom is -0.422 e. The fourth-order valence-electron chi connectivity index (χ4n) is 1.79. The van der Waals surface area contributed by atoms with E-state index in [1.165, 1.54) is 24.5 Å². The summed E-state index contributed by atoms with van der Waals surface area (Å²) in [6, 6.07) is 5.48. The summed E-state index contributed by atoms with van der Waals surface area (Å²) in [7, 11) is 0. The summed E-state index contributed by atoms with van der Waals surface area (Å²) in [4.78, 5) is 7.65. The third-order valence-electron chi connectivity index (χ3n) is 2.92. The van der Waals surface area contributed by atoms with Gasteiger partial charge in [0.1, 0.15) is 11.8 Å². The van der Waals surface area contributed by atoms with Gasteiger partial charge in [-0.2, -0.15) is 23.5 Å². The Morgan fingerprint density at radius 2 is 1.96 bits per heavy atom. The molecule has 1 N–H and O–H groups in total. The first kappa shape index (κ1) is 15.4. The molecule has 0 amide bonds. The van der Waals surface area contributed by atoms with Crippen molar-refractivity contribution in [2.45, 2.75) is 6.18 Å². The number of rotatable bonds is 3. The van der Waals surface area contributed by atoms with Crippen LogP contribution < -0.4 is 5.32 Å². The summed E-state index contributed by atoms with van der Waals surface area (Å²) in [5.41, 5.74) is -0.284. The van der Waals surface area contributed by atoms with Crippen LogP contribution in [0.5, 0.6) is 0 Å². The predicted molar refractivity (Wildman–Crippen MR) is 74.8 cm³/mol. The Bertz CT molecular complexity index is 898. The standard InChI is InChI=1S/C14H7F3N6O/c15-14(16,17)8-1-2-10(19-6-8)12-7-20-13(24-12)22-9-3-4-21-23-11(9)5-18/h1-4,6-7H,(H,20,21,22). The van der Waals surface area contributed by atoms with Crippen LogP contribution in [-0.4, -0.2) is 20.2 Å². The molecule has 24 heavy (non-hydrogen) atoms. The monoisotopic (exact) mass is 332 g/mol. The summed E-state index contributed by atoms with van der Waals surface area (Å²) in [6.45, 7) is 0. The topological polar surface area (TPSA) is 101 Å². The average molecular weight is 332 g/mol. The molecule has 0 radical (unpaired) electrons. The molecule has 0 bridgehead atoms. The molecule has 0 aliphatic rings. The second-order valence-corrected chi connectivity index (χ2v) is 4.49. The highest BCUT2D eigenvalue weighted by atomic mass is 19.4. The Balaban J connectivity index is 1.82. The van der Waals surface area contributed by atoms with Crippen molar-refractivity contribution in [3.05, 3.63) is 48.0 Å². The highest BCUT2D eigenvalue weighted by Crippen LogP contribution is 2.30. The van der Waals surface area contributed by atoms with Gasteiger partial charge in [0, 0.05) is 6.20 Å². The maximum absolute atomic E-state index is 12.5. The molecule has 3 heterocycles. The lowest BCUT2D eigenvalue weighted by Gasteiger charge is -2.05. The van der Waals surface area contributed by atoms with Crippen LogP contribution in [0.4, 0.5) is 24.9 Å². The molecule has 0 saturated carbocycles. The summed E-state index contributed by atoms with van der Waals surface area (Å²) in [5, 5.41) is 18.9. The van der Waals surface area contributed by atoms with Crippen molar-refractivity contribution < 1.29 is 17.6 Å². The molecule has 3 aromatic heterocycles. The van der Waals surface area contributed by atoms with Crippen LogP contribution in [0.1, 0.15) is 11.3 Å². The van der Waals surface area contributed by atoms with Crippen molar-refractivity contribution in [3.63, 3.8) is 0 Å². The Morgan fingerprint density at radius 3 is 2.62 bits per heavy atom. The molecular formula is C14H7F3N6O. The zero-order valence-electron chi connectivity index (χ0n) is 11.7. The first-order valence-corrected chi connectivity index (χ1v) is 6.45. The van der Waals surface area contributed by atoms with Crippen molar-refractivity contribution in [1.29, 1.82) is 5.26 Å². The molecule has 0 spiro atoms. The molecule has 0 aliphatic heterocycles. The predicted octanol–water partition coefficient (Wildman–Crippen LogP) is 3.16. The Hall–Kier alpha value is -3.48. The van der Waals surface area contributed by atoms with Crippen LogP contribution in [0.3, 0.4) is 0 Å². The summed E-state index contributed by atoms with van der Waals surface area (Å²) in [5.74, 6) is 0.173. The molecule has 0 unspecified atom stereocenters. The minimum atomic E-state index is -4.46. The molecule has 10 heteroatoms. The lowest BCUT2D eigenvalue weighted by atomic mass is 10.2.